The van der Waals surface area contributed by atoms with E-state index in [1.165, 1.54) is 0 Å². The number of imide groups is 1. The van der Waals surface area contributed by atoms with Crippen molar-refractivity contribution in [1.29, 1.82) is 0 Å². The Kier molecular flexibility index (Phi) is 4.01. The molecular formula is C18H22N6O3. The minimum Gasteiger partial charge on any atom is -0.349 e. The predicted octanol–water partition coefficient (Wildman–Crippen LogP) is 0.962. The zero-order valence-corrected chi connectivity index (χ0v) is 15.4. The first-order valence-corrected chi connectivity index (χ1v) is 9.06. The van der Waals surface area contributed by atoms with Crippen LogP contribution in [0, 0.1) is 0 Å². The van der Waals surface area contributed by atoms with E-state index in [2.05, 4.69) is 15.5 Å². The maximum absolute atomic E-state index is 12.8. The van der Waals surface area contributed by atoms with Gasteiger partial charge >= 0.3 is 6.03 Å². The second kappa shape index (κ2) is 6.26. The van der Waals surface area contributed by atoms with Gasteiger partial charge < -0.3 is 14.4 Å². The number of hydrogen-bond donors (Lipinski definition) is 2. The van der Waals surface area contributed by atoms with Gasteiger partial charge in [-0.25, -0.2) is 4.79 Å². The van der Waals surface area contributed by atoms with E-state index in [-0.39, 0.29) is 17.8 Å². The quantitative estimate of drug-likeness (QED) is 0.786. The van der Waals surface area contributed by atoms with Crippen LogP contribution >= 0.6 is 0 Å². The Hall–Kier alpha value is -3.10. The van der Waals surface area contributed by atoms with Crippen molar-refractivity contribution in [2.45, 2.75) is 25.3 Å². The Morgan fingerprint density at radius 3 is 2.67 bits per heavy atom. The molecule has 0 aliphatic carbocycles. The van der Waals surface area contributed by atoms with E-state index in [9.17, 15) is 14.4 Å². The molecule has 4 amide bonds. The van der Waals surface area contributed by atoms with Crippen molar-refractivity contribution in [3.8, 4) is 11.4 Å². The van der Waals surface area contributed by atoms with Crippen molar-refractivity contribution < 1.29 is 14.4 Å². The van der Waals surface area contributed by atoms with E-state index in [0.717, 1.165) is 5.69 Å². The van der Waals surface area contributed by atoms with E-state index in [1.807, 2.05) is 36.9 Å². The second-order valence-corrected chi connectivity index (χ2v) is 7.00. The number of carbonyl (C=O) groups is 3. The third-order valence-corrected chi connectivity index (χ3v) is 5.61. The monoisotopic (exact) mass is 370 g/mol. The van der Waals surface area contributed by atoms with Crippen LogP contribution in [0.5, 0.6) is 0 Å². The summed E-state index contributed by atoms with van der Waals surface area (Å²) >= 11 is 0. The lowest BCUT2D eigenvalue weighted by Crippen LogP contribution is -2.57. The first-order chi connectivity index (χ1) is 13.0. The molecule has 0 atom stereocenters. The van der Waals surface area contributed by atoms with Gasteiger partial charge in [0.25, 0.3) is 11.8 Å². The van der Waals surface area contributed by atoms with Crippen molar-refractivity contribution in [3.63, 3.8) is 0 Å². The Balaban J connectivity index is 1.48. The zero-order chi connectivity index (χ0) is 19.2. The van der Waals surface area contributed by atoms with Crippen molar-refractivity contribution in [2.75, 3.05) is 19.6 Å². The van der Waals surface area contributed by atoms with Gasteiger partial charge in [0.15, 0.2) is 0 Å². The number of likely N-dealkylation sites (N-methyl/N-ethyl adjacent to an activating group) is 1. The van der Waals surface area contributed by atoms with Gasteiger partial charge in [0.2, 0.25) is 0 Å². The topological polar surface area (TPSA) is 103 Å². The molecular weight excluding hydrogens is 348 g/mol. The molecule has 0 unspecified atom stereocenters. The molecule has 142 valence electrons. The summed E-state index contributed by atoms with van der Waals surface area (Å²) in [4.78, 5) is 40.4. The van der Waals surface area contributed by atoms with Gasteiger partial charge in [0.05, 0.1) is 5.69 Å². The first kappa shape index (κ1) is 17.3. The van der Waals surface area contributed by atoms with Crippen LogP contribution in [0.15, 0.2) is 24.4 Å². The summed E-state index contributed by atoms with van der Waals surface area (Å²) in [6.07, 6.45) is 2.79. The highest BCUT2D eigenvalue weighted by molar-refractivity contribution is 6.07. The number of aromatic nitrogens is 3. The molecule has 9 nitrogen and oxygen atoms in total. The van der Waals surface area contributed by atoms with Gasteiger partial charge in [-0.15, -0.1) is 0 Å². The van der Waals surface area contributed by atoms with Gasteiger partial charge in [-0.05, 0) is 38.0 Å². The molecule has 2 saturated heterocycles. The maximum Gasteiger partial charge on any atom is 0.325 e. The molecule has 0 saturated carbocycles. The average molecular weight is 370 g/mol. The highest BCUT2D eigenvalue weighted by atomic mass is 16.2. The van der Waals surface area contributed by atoms with Gasteiger partial charge in [-0.2, -0.15) is 5.10 Å². The summed E-state index contributed by atoms with van der Waals surface area (Å²) in [6, 6.07) is 5.25. The number of likely N-dealkylation sites (tertiary alicyclic amines) is 1. The van der Waals surface area contributed by atoms with Crippen LogP contribution in [0.3, 0.4) is 0 Å². The third-order valence-electron chi connectivity index (χ3n) is 5.61. The average Bonchev–Trinajstić information content (AvgIpc) is 3.35. The van der Waals surface area contributed by atoms with Crippen molar-refractivity contribution in [2.24, 2.45) is 7.05 Å². The zero-order valence-electron chi connectivity index (χ0n) is 15.4. The number of nitrogens with one attached hydrogen (secondary N) is 2. The van der Waals surface area contributed by atoms with Crippen LogP contribution < -0.4 is 5.32 Å². The largest absolute Gasteiger partial charge is 0.349 e. The molecule has 0 bridgehead atoms. The summed E-state index contributed by atoms with van der Waals surface area (Å²) in [7, 11) is 1.92. The molecule has 0 radical (unpaired) electrons. The highest BCUT2D eigenvalue weighted by Crippen LogP contribution is 2.33. The fourth-order valence-electron chi connectivity index (χ4n) is 4.08. The van der Waals surface area contributed by atoms with Crippen LogP contribution in [-0.4, -0.2) is 67.6 Å². The smallest absolute Gasteiger partial charge is 0.325 e. The number of H-pyrrole nitrogens is 1. The lowest BCUT2D eigenvalue weighted by atomic mass is 9.86. The van der Waals surface area contributed by atoms with E-state index >= 15 is 0 Å². The van der Waals surface area contributed by atoms with E-state index in [4.69, 9.17) is 0 Å². The summed E-state index contributed by atoms with van der Waals surface area (Å²) in [5, 5.41) is 9.46. The molecule has 2 aromatic rings. The standard InChI is InChI=1S/C18H22N6O3/c1-3-24-17(27)19-16(26)18(24)6-9-23(10-7-18)15(25)13-11-12(20-21-13)14-5-4-8-22(14)2/h4-5,8,11H,3,6-7,9-10H2,1-2H3,(H,20,21)(H,19,26,27). The summed E-state index contributed by atoms with van der Waals surface area (Å²) in [6.45, 7) is 3.14. The normalized spacial score (nSPS) is 19.0. The van der Waals surface area contributed by atoms with Crippen LogP contribution in [0.1, 0.15) is 30.3 Å². The molecule has 9 heteroatoms. The molecule has 4 heterocycles. The fraction of sp³-hybridized carbons (Fsp3) is 0.444. The molecule has 2 fully saturated rings. The molecule has 0 aromatic carbocycles. The number of rotatable bonds is 3. The molecule has 2 N–H and O–H groups in total. The van der Waals surface area contributed by atoms with Crippen LogP contribution in [0.4, 0.5) is 4.79 Å². The van der Waals surface area contributed by atoms with Crippen molar-refractivity contribution in [3.05, 3.63) is 30.1 Å². The van der Waals surface area contributed by atoms with E-state index in [0.29, 0.717) is 43.9 Å². The van der Waals surface area contributed by atoms with Gasteiger partial charge in [0.1, 0.15) is 16.9 Å². The molecule has 2 aromatic heterocycles. The maximum atomic E-state index is 12.8. The molecule has 27 heavy (non-hydrogen) atoms. The van der Waals surface area contributed by atoms with Gasteiger partial charge in [0, 0.05) is 32.9 Å². The lowest BCUT2D eigenvalue weighted by Gasteiger charge is -2.41. The molecule has 4 rings (SSSR count). The molecule has 2 aliphatic heterocycles. The van der Waals surface area contributed by atoms with Gasteiger partial charge in [-0.1, -0.05) is 0 Å². The Bertz CT molecular complexity index is 906. The first-order valence-electron chi connectivity index (χ1n) is 9.06. The summed E-state index contributed by atoms with van der Waals surface area (Å²) < 4.78 is 1.93. The summed E-state index contributed by atoms with van der Waals surface area (Å²) in [5.74, 6) is -0.403. The third kappa shape index (κ3) is 2.61. The van der Waals surface area contributed by atoms with E-state index < -0.39 is 5.54 Å². The molecule has 2 aliphatic rings. The Morgan fingerprint density at radius 2 is 2.04 bits per heavy atom. The fourth-order valence-corrected chi connectivity index (χ4v) is 4.08. The highest BCUT2D eigenvalue weighted by Gasteiger charge is 2.53. The minimum absolute atomic E-state index is 0.148. The summed E-state index contributed by atoms with van der Waals surface area (Å²) in [5.41, 5.74) is 1.21. The number of carbonyl (C=O) groups excluding carboxylic acids is 3. The van der Waals surface area contributed by atoms with Gasteiger partial charge in [-0.3, -0.25) is 20.0 Å². The Labute approximate surface area is 156 Å². The van der Waals surface area contributed by atoms with Crippen molar-refractivity contribution in [1.82, 2.24) is 29.9 Å². The van der Waals surface area contributed by atoms with Crippen LogP contribution in [0.25, 0.3) is 11.4 Å². The SMILES string of the molecule is CCN1C(=O)NC(=O)C12CCN(C(=O)c1cc(-c3cccn3C)n[nH]1)CC2. The number of urea groups is 1. The van der Waals surface area contributed by atoms with Crippen molar-refractivity contribution >= 4 is 17.8 Å². The van der Waals surface area contributed by atoms with E-state index in [1.54, 1.807) is 15.9 Å². The number of nitrogens with zero attached hydrogens (tertiary/aromatic N) is 4. The molecule has 1 spiro atoms. The second-order valence-electron chi connectivity index (χ2n) is 7.00. The lowest BCUT2D eigenvalue weighted by molar-refractivity contribution is -0.128. The number of amides is 4. The predicted molar refractivity (Wildman–Crippen MR) is 96.8 cm³/mol. The van der Waals surface area contributed by atoms with Crippen LogP contribution in [0.2, 0.25) is 0 Å². The minimum atomic E-state index is -0.829. The Morgan fingerprint density at radius 1 is 1.30 bits per heavy atom. The van der Waals surface area contributed by atoms with Crippen LogP contribution in [-0.2, 0) is 11.8 Å². The number of hydrogen-bond acceptors (Lipinski definition) is 4. The number of aromatic amines is 1. The number of piperidine rings is 1. The number of aryl methyl sites for hydroxylation is 1.